The quantitative estimate of drug-likeness (QED) is 0.559. The molecule has 0 saturated heterocycles. The molecule has 66 valence electrons. The Hall–Kier alpha value is -0.280. The number of hydrogen-bond acceptors (Lipinski definition) is 0. The van der Waals surface area contributed by atoms with E-state index in [1.807, 2.05) is 0 Å². The Morgan fingerprint density at radius 1 is 1.45 bits per heavy atom. The van der Waals surface area contributed by atoms with Crippen LogP contribution in [0.5, 0.6) is 0 Å². The van der Waals surface area contributed by atoms with Gasteiger partial charge in [0.15, 0.2) is 0 Å². The van der Waals surface area contributed by atoms with E-state index in [0.29, 0.717) is 0 Å². The molecule has 2 atom stereocenters. The fraction of sp³-hybridized carbons (Fsp3) is 1.00. The smallest absolute Gasteiger partial charge is 0.251 e. The maximum Gasteiger partial charge on any atom is 0.394 e. The minimum Gasteiger partial charge on any atom is -0.251 e. The Labute approximate surface area is 62.6 Å². The van der Waals surface area contributed by atoms with Crippen molar-refractivity contribution in [3.05, 3.63) is 0 Å². The largest absolute Gasteiger partial charge is 0.394 e. The lowest BCUT2D eigenvalue weighted by atomic mass is 10.1. The van der Waals surface area contributed by atoms with Gasteiger partial charge in [0.2, 0.25) is 0 Å². The first-order chi connectivity index (χ1) is 4.92. The van der Waals surface area contributed by atoms with Gasteiger partial charge in [0, 0.05) is 0 Å². The van der Waals surface area contributed by atoms with Crippen LogP contribution in [0.3, 0.4) is 0 Å². The van der Waals surface area contributed by atoms with Crippen molar-refractivity contribution in [2.24, 2.45) is 11.3 Å². The molecule has 0 aromatic heterocycles. The van der Waals surface area contributed by atoms with E-state index >= 15 is 0 Å². The first kappa shape index (κ1) is 8.81. The third-order valence-electron chi connectivity index (χ3n) is 2.52. The molecule has 1 fully saturated rings. The van der Waals surface area contributed by atoms with Gasteiger partial charge in [0.05, 0.1) is 12.1 Å². The minimum absolute atomic E-state index is 0.0516. The SMILES string of the molecule is CC1(C(F)(F)F)CC1CCF. The van der Waals surface area contributed by atoms with Crippen LogP contribution < -0.4 is 0 Å². The topological polar surface area (TPSA) is 0 Å². The average molecular weight is 170 g/mol. The van der Waals surface area contributed by atoms with Crippen molar-refractivity contribution < 1.29 is 17.6 Å². The molecule has 0 N–H and O–H groups in total. The van der Waals surface area contributed by atoms with Gasteiger partial charge in [-0.1, -0.05) is 6.92 Å². The van der Waals surface area contributed by atoms with Crippen LogP contribution in [0.25, 0.3) is 0 Å². The van der Waals surface area contributed by atoms with Crippen LogP contribution in [0.1, 0.15) is 19.8 Å². The maximum absolute atomic E-state index is 12.1. The molecule has 4 heteroatoms. The van der Waals surface area contributed by atoms with E-state index in [4.69, 9.17) is 0 Å². The Bertz CT molecular complexity index is 151. The van der Waals surface area contributed by atoms with Gasteiger partial charge < -0.3 is 0 Å². The second-order valence-corrected chi connectivity index (χ2v) is 3.29. The first-order valence-corrected chi connectivity index (χ1v) is 3.54. The molecule has 2 unspecified atom stereocenters. The van der Waals surface area contributed by atoms with Crippen LogP contribution in [0, 0.1) is 11.3 Å². The number of rotatable bonds is 2. The summed E-state index contributed by atoms with van der Waals surface area (Å²) in [6, 6.07) is 0. The van der Waals surface area contributed by atoms with Gasteiger partial charge in [0.25, 0.3) is 0 Å². The van der Waals surface area contributed by atoms with Crippen molar-refractivity contribution in [1.82, 2.24) is 0 Å². The highest BCUT2D eigenvalue weighted by Gasteiger charge is 2.66. The molecule has 0 aromatic rings. The predicted octanol–water partition coefficient (Wildman–Crippen LogP) is 2.93. The lowest BCUT2D eigenvalue weighted by Crippen LogP contribution is -2.23. The standard InChI is InChI=1S/C7H10F4/c1-6(7(9,10)11)4-5(6)2-3-8/h5H,2-4H2,1H3. The normalized spacial score (nSPS) is 37.4. The third kappa shape index (κ3) is 1.35. The third-order valence-corrected chi connectivity index (χ3v) is 2.52. The molecule has 1 aliphatic carbocycles. The van der Waals surface area contributed by atoms with E-state index in [1.54, 1.807) is 0 Å². The van der Waals surface area contributed by atoms with E-state index in [1.165, 1.54) is 0 Å². The van der Waals surface area contributed by atoms with Gasteiger partial charge in [-0.3, -0.25) is 4.39 Å². The summed E-state index contributed by atoms with van der Waals surface area (Å²) in [6.45, 7) is 0.518. The number of hydrogen-bond donors (Lipinski definition) is 0. The van der Waals surface area contributed by atoms with Crippen LogP contribution >= 0.6 is 0 Å². The summed E-state index contributed by atoms with van der Waals surface area (Å²) >= 11 is 0. The van der Waals surface area contributed by atoms with Gasteiger partial charge in [-0.05, 0) is 18.8 Å². The molecule has 0 aliphatic heterocycles. The monoisotopic (exact) mass is 170 g/mol. The average Bonchev–Trinajstić information content (AvgIpc) is 2.43. The maximum atomic E-state index is 12.1. The summed E-state index contributed by atoms with van der Waals surface area (Å²) in [4.78, 5) is 0. The molecule has 0 nitrogen and oxygen atoms in total. The van der Waals surface area contributed by atoms with E-state index in [0.717, 1.165) is 6.92 Å². The first-order valence-electron chi connectivity index (χ1n) is 3.54. The highest BCUT2D eigenvalue weighted by atomic mass is 19.4. The molecule has 1 aliphatic rings. The second-order valence-electron chi connectivity index (χ2n) is 3.29. The molecule has 1 saturated carbocycles. The summed E-state index contributed by atoms with van der Waals surface area (Å²) < 4.78 is 47.9. The highest BCUT2D eigenvalue weighted by Crippen LogP contribution is 2.63. The lowest BCUT2D eigenvalue weighted by Gasteiger charge is -2.14. The lowest BCUT2D eigenvalue weighted by molar-refractivity contribution is -0.186. The second kappa shape index (κ2) is 2.35. The van der Waals surface area contributed by atoms with Crippen LogP contribution in [-0.2, 0) is 0 Å². The molecule has 1 rings (SSSR count). The van der Waals surface area contributed by atoms with Crippen molar-refractivity contribution >= 4 is 0 Å². The Morgan fingerprint density at radius 2 is 2.00 bits per heavy atom. The van der Waals surface area contributed by atoms with Crippen LogP contribution in [0.2, 0.25) is 0 Å². The Balaban J connectivity index is 2.49. The van der Waals surface area contributed by atoms with Crippen LogP contribution in [0.15, 0.2) is 0 Å². The number of halogens is 4. The van der Waals surface area contributed by atoms with E-state index in [9.17, 15) is 17.6 Å². The summed E-state index contributed by atoms with van der Waals surface area (Å²) in [5.41, 5.74) is -1.58. The Morgan fingerprint density at radius 3 is 2.27 bits per heavy atom. The fourth-order valence-corrected chi connectivity index (χ4v) is 1.35. The predicted molar refractivity (Wildman–Crippen MR) is 32.9 cm³/mol. The number of alkyl halides is 4. The van der Waals surface area contributed by atoms with Crippen molar-refractivity contribution in [2.75, 3.05) is 6.67 Å². The van der Waals surface area contributed by atoms with Gasteiger partial charge in [-0.25, -0.2) is 0 Å². The highest BCUT2D eigenvalue weighted by molar-refractivity contribution is 5.03. The van der Waals surface area contributed by atoms with E-state index in [-0.39, 0.29) is 12.8 Å². The van der Waals surface area contributed by atoms with Crippen molar-refractivity contribution in [3.63, 3.8) is 0 Å². The summed E-state index contributed by atoms with van der Waals surface area (Å²) in [7, 11) is 0. The van der Waals surface area contributed by atoms with Crippen molar-refractivity contribution in [1.29, 1.82) is 0 Å². The molecule has 11 heavy (non-hydrogen) atoms. The zero-order chi connectivity index (χ0) is 8.70. The van der Waals surface area contributed by atoms with Crippen LogP contribution in [-0.4, -0.2) is 12.9 Å². The minimum atomic E-state index is -4.15. The van der Waals surface area contributed by atoms with E-state index < -0.39 is 24.2 Å². The molecule has 0 bridgehead atoms. The van der Waals surface area contributed by atoms with Gasteiger partial charge >= 0.3 is 6.18 Å². The van der Waals surface area contributed by atoms with Gasteiger partial charge in [-0.2, -0.15) is 13.2 Å². The summed E-state index contributed by atoms with van der Waals surface area (Å²) in [6.07, 6.45) is -4.00. The van der Waals surface area contributed by atoms with Crippen LogP contribution in [0.4, 0.5) is 17.6 Å². The molecule has 0 spiro atoms. The van der Waals surface area contributed by atoms with Gasteiger partial charge in [0.1, 0.15) is 0 Å². The molecule has 0 amide bonds. The van der Waals surface area contributed by atoms with Crippen molar-refractivity contribution in [3.8, 4) is 0 Å². The molecule has 0 heterocycles. The zero-order valence-corrected chi connectivity index (χ0v) is 6.21. The molecule has 0 aromatic carbocycles. The molecular weight excluding hydrogens is 160 g/mol. The van der Waals surface area contributed by atoms with Crippen molar-refractivity contribution in [2.45, 2.75) is 25.9 Å². The molecular formula is C7H10F4. The summed E-state index contributed by atoms with van der Waals surface area (Å²) in [5.74, 6) is -0.479. The van der Waals surface area contributed by atoms with Gasteiger partial charge in [-0.15, -0.1) is 0 Å². The summed E-state index contributed by atoms with van der Waals surface area (Å²) in [5, 5.41) is 0. The van der Waals surface area contributed by atoms with E-state index in [2.05, 4.69) is 0 Å². The zero-order valence-electron chi connectivity index (χ0n) is 6.21. The Kier molecular flexibility index (Phi) is 1.89. The molecule has 0 radical (unpaired) electrons. The fourth-order valence-electron chi connectivity index (χ4n) is 1.35.